The Morgan fingerprint density at radius 3 is 2.09 bits per heavy atom. The van der Waals surface area contributed by atoms with E-state index in [1.807, 2.05) is 38.1 Å². The Labute approximate surface area is 213 Å². The zero-order chi connectivity index (χ0) is 25.2. The van der Waals surface area contributed by atoms with Crippen molar-refractivity contribution in [3.63, 3.8) is 0 Å². The Balaban J connectivity index is 1.87. The lowest BCUT2D eigenvalue weighted by molar-refractivity contribution is -0.111. The normalized spacial score (nSPS) is 10.6. The minimum absolute atomic E-state index is 0.281. The van der Waals surface area contributed by atoms with Crippen LogP contribution < -0.4 is 24.8 Å². The first-order chi connectivity index (χ1) is 16.9. The maximum absolute atomic E-state index is 12.7. The van der Waals surface area contributed by atoms with Crippen molar-refractivity contribution >= 4 is 45.2 Å². The summed E-state index contributed by atoms with van der Waals surface area (Å²) in [6, 6.07) is 17.7. The highest BCUT2D eigenvalue weighted by Gasteiger charge is 2.16. The van der Waals surface area contributed by atoms with Crippen LogP contribution in [0.1, 0.15) is 29.8 Å². The van der Waals surface area contributed by atoms with E-state index in [0.29, 0.717) is 47.4 Å². The van der Waals surface area contributed by atoms with Crippen molar-refractivity contribution in [2.24, 2.45) is 0 Å². The van der Waals surface area contributed by atoms with Crippen LogP contribution in [0.25, 0.3) is 6.08 Å². The zero-order valence-electron chi connectivity index (χ0n) is 19.8. The Kier molecular flexibility index (Phi) is 9.31. The largest absolute Gasteiger partial charge is 0.496 e. The number of methoxy groups -OCH3 is 1. The van der Waals surface area contributed by atoms with Gasteiger partial charge < -0.3 is 24.8 Å². The number of hydrogen-bond acceptors (Lipinski definition) is 5. The molecule has 182 valence electrons. The molecule has 3 aromatic rings. The van der Waals surface area contributed by atoms with Gasteiger partial charge in [-0.1, -0.05) is 34.1 Å². The van der Waals surface area contributed by atoms with Gasteiger partial charge in [0, 0.05) is 33.8 Å². The highest BCUT2D eigenvalue weighted by Crippen LogP contribution is 2.37. The second kappa shape index (κ2) is 12.6. The van der Waals surface area contributed by atoms with E-state index in [9.17, 15) is 9.59 Å². The van der Waals surface area contributed by atoms with E-state index >= 15 is 0 Å². The molecule has 0 aliphatic carbocycles. The molecule has 0 saturated heterocycles. The molecule has 3 aromatic carbocycles. The summed E-state index contributed by atoms with van der Waals surface area (Å²) < 4.78 is 17.7. The van der Waals surface area contributed by atoms with E-state index < -0.39 is 0 Å². The summed E-state index contributed by atoms with van der Waals surface area (Å²) in [6.45, 7) is 4.42. The Morgan fingerprint density at radius 2 is 1.49 bits per heavy atom. The number of hydrogen-bond donors (Lipinski definition) is 2. The third-order valence-corrected chi connectivity index (χ3v) is 5.32. The third-order valence-electron chi connectivity index (χ3n) is 4.83. The topological polar surface area (TPSA) is 85.9 Å². The van der Waals surface area contributed by atoms with Crippen LogP contribution in [0.2, 0.25) is 0 Å². The lowest BCUT2D eigenvalue weighted by Gasteiger charge is -2.17. The lowest BCUT2D eigenvalue weighted by Crippen LogP contribution is -2.14. The summed E-state index contributed by atoms with van der Waals surface area (Å²) in [7, 11) is 1.57. The maximum atomic E-state index is 12.7. The minimum atomic E-state index is -0.364. The zero-order valence-corrected chi connectivity index (χ0v) is 21.3. The highest BCUT2D eigenvalue weighted by molar-refractivity contribution is 9.10. The van der Waals surface area contributed by atoms with Gasteiger partial charge in [-0.2, -0.15) is 0 Å². The molecule has 0 unspecified atom stereocenters. The number of halogens is 1. The van der Waals surface area contributed by atoms with Gasteiger partial charge in [-0.25, -0.2) is 0 Å². The fourth-order valence-corrected chi connectivity index (χ4v) is 3.64. The predicted molar refractivity (Wildman–Crippen MR) is 142 cm³/mol. The minimum Gasteiger partial charge on any atom is -0.496 e. The second-order valence-electron chi connectivity index (χ2n) is 7.24. The van der Waals surface area contributed by atoms with Gasteiger partial charge >= 0.3 is 0 Å². The summed E-state index contributed by atoms with van der Waals surface area (Å²) in [6.07, 6.45) is 3.07. The van der Waals surface area contributed by atoms with Gasteiger partial charge in [0.15, 0.2) is 0 Å². The summed E-state index contributed by atoms with van der Waals surface area (Å²) in [5.74, 6) is 0.812. The molecule has 0 aromatic heterocycles. The molecule has 8 heteroatoms. The molecule has 2 N–H and O–H groups in total. The van der Waals surface area contributed by atoms with Crippen LogP contribution in [0.5, 0.6) is 17.2 Å². The monoisotopic (exact) mass is 538 g/mol. The van der Waals surface area contributed by atoms with Crippen LogP contribution >= 0.6 is 15.9 Å². The van der Waals surface area contributed by atoms with Gasteiger partial charge in [-0.3, -0.25) is 9.59 Å². The Morgan fingerprint density at radius 1 is 0.857 bits per heavy atom. The summed E-state index contributed by atoms with van der Waals surface area (Å²) >= 11 is 3.42. The van der Waals surface area contributed by atoms with Crippen LogP contribution in [0.4, 0.5) is 11.4 Å². The van der Waals surface area contributed by atoms with E-state index in [1.165, 1.54) is 6.08 Å². The van der Waals surface area contributed by atoms with Crippen molar-refractivity contribution in [3.05, 3.63) is 82.3 Å². The van der Waals surface area contributed by atoms with Crippen LogP contribution in [-0.2, 0) is 4.79 Å². The number of rotatable bonds is 10. The van der Waals surface area contributed by atoms with Crippen LogP contribution in [-0.4, -0.2) is 32.1 Å². The molecule has 0 atom stereocenters. The first-order valence-corrected chi connectivity index (χ1v) is 11.9. The number of carbonyl (C=O) groups is 2. The second-order valence-corrected chi connectivity index (χ2v) is 8.16. The van der Waals surface area contributed by atoms with E-state index in [4.69, 9.17) is 14.2 Å². The number of anilines is 2. The number of benzene rings is 3. The Bertz CT molecular complexity index is 1210. The van der Waals surface area contributed by atoms with Crippen molar-refractivity contribution in [1.82, 2.24) is 0 Å². The SMILES string of the molecule is CCOc1cc(NC(=O)c2ccccc2)c(OCC)cc1NC(=O)/C=C/c1cc(Br)ccc1OC. The van der Waals surface area contributed by atoms with Gasteiger partial charge in [0.25, 0.3) is 5.91 Å². The molecule has 0 radical (unpaired) electrons. The van der Waals surface area contributed by atoms with E-state index in [2.05, 4.69) is 26.6 Å². The summed E-state index contributed by atoms with van der Waals surface area (Å²) in [4.78, 5) is 25.4. The van der Waals surface area contributed by atoms with E-state index in [-0.39, 0.29) is 11.8 Å². The molecule has 0 fully saturated rings. The third kappa shape index (κ3) is 7.10. The van der Waals surface area contributed by atoms with Gasteiger partial charge in [-0.05, 0) is 50.3 Å². The van der Waals surface area contributed by atoms with Crippen LogP contribution in [0.3, 0.4) is 0 Å². The molecule has 0 aliphatic rings. The van der Waals surface area contributed by atoms with Crippen molar-refractivity contribution in [3.8, 4) is 17.2 Å². The average molecular weight is 539 g/mol. The van der Waals surface area contributed by atoms with Crippen molar-refractivity contribution in [2.75, 3.05) is 31.0 Å². The molecule has 0 bridgehead atoms. The molecule has 0 heterocycles. The van der Waals surface area contributed by atoms with Gasteiger partial charge in [0.05, 0.1) is 31.7 Å². The molecule has 0 spiro atoms. The number of ether oxygens (including phenoxy) is 3. The molecule has 35 heavy (non-hydrogen) atoms. The molecule has 0 saturated carbocycles. The van der Waals surface area contributed by atoms with Crippen LogP contribution in [0.15, 0.2) is 71.2 Å². The molecule has 2 amide bonds. The summed E-state index contributed by atoms with van der Waals surface area (Å²) in [5, 5.41) is 5.70. The number of amides is 2. The van der Waals surface area contributed by atoms with Crippen molar-refractivity contribution in [1.29, 1.82) is 0 Å². The highest BCUT2D eigenvalue weighted by atomic mass is 79.9. The first kappa shape index (κ1) is 25.8. The number of carbonyl (C=O) groups excluding carboxylic acids is 2. The molecular formula is C27H27BrN2O5. The van der Waals surface area contributed by atoms with Crippen LogP contribution in [0, 0.1) is 0 Å². The standard InChI is InChI=1S/C27H27BrN2O5/c1-4-34-24-17-22(30-27(32)18-9-7-6-8-10-18)25(35-5-2)16-21(24)29-26(31)14-11-19-15-20(28)12-13-23(19)33-3/h6-17H,4-5H2,1-3H3,(H,29,31)(H,30,32)/b14-11+. The van der Waals surface area contributed by atoms with Crippen molar-refractivity contribution < 1.29 is 23.8 Å². The van der Waals surface area contributed by atoms with Crippen molar-refractivity contribution in [2.45, 2.75) is 13.8 Å². The Hall–Kier alpha value is -3.78. The fourth-order valence-electron chi connectivity index (χ4n) is 3.26. The van der Waals surface area contributed by atoms with Gasteiger partial charge in [-0.15, -0.1) is 0 Å². The molecule has 7 nitrogen and oxygen atoms in total. The predicted octanol–water partition coefficient (Wildman–Crippen LogP) is 6.16. The molecule has 3 rings (SSSR count). The van der Waals surface area contributed by atoms with E-state index in [1.54, 1.807) is 49.6 Å². The lowest BCUT2D eigenvalue weighted by atomic mass is 10.1. The molecular weight excluding hydrogens is 512 g/mol. The maximum Gasteiger partial charge on any atom is 0.255 e. The van der Waals surface area contributed by atoms with Gasteiger partial charge in [0.1, 0.15) is 17.2 Å². The molecule has 0 aliphatic heterocycles. The van der Waals surface area contributed by atoms with E-state index in [0.717, 1.165) is 10.0 Å². The fraction of sp³-hybridized carbons (Fsp3) is 0.185. The summed E-state index contributed by atoms with van der Waals surface area (Å²) in [5.41, 5.74) is 2.12. The smallest absolute Gasteiger partial charge is 0.255 e. The number of nitrogens with one attached hydrogen (secondary N) is 2. The quantitative estimate of drug-likeness (QED) is 0.302. The average Bonchev–Trinajstić information content (AvgIpc) is 2.86. The van der Waals surface area contributed by atoms with Gasteiger partial charge in [0.2, 0.25) is 5.91 Å². The first-order valence-electron chi connectivity index (χ1n) is 11.1.